The highest BCUT2D eigenvalue weighted by atomic mass is 32.2. The third kappa shape index (κ3) is 3.23. The zero-order valence-corrected chi connectivity index (χ0v) is 13.5. The maximum Gasteiger partial charge on any atom is 0.0702 e. The molecule has 0 radical (unpaired) electrons. The van der Waals surface area contributed by atoms with Crippen molar-refractivity contribution in [3.8, 4) is 0 Å². The molecule has 2 N–H and O–H groups in total. The lowest BCUT2D eigenvalue weighted by Gasteiger charge is -2.39. The summed E-state index contributed by atoms with van der Waals surface area (Å²) in [4.78, 5) is 6.94. The Kier molecular flexibility index (Phi) is 4.48. The van der Waals surface area contributed by atoms with Crippen molar-refractivity contribution in [1.29, 1.82) is 0 Å². The molecule has 112 valence electrons. The van der Waals surface area contributed by atoms with Gasteiger partial charge in [0.2, 0.25) is 0 Å². The first-order chi connectivity index (χ1) is 10.2. The summed E-state index contributed by atoms with van der Waals surface area (Å²) in [6, 6.07) is 11.0. The molecule has 3 unspecified atom stereocenters. The van der Waals surface area contributed by atoms with E-state index in [1.807, 2.05) is 12.3 Å². The van der Waals surface area contributed by atoms with Crippen molar-refractivity contribution < 1.29 is 0 Å². The van der Waals surface area contributed by atoms with E-state index >= 15 is 0 Å². The van der Waals surface area contributed by atoms with E-state index in [-0.39, 0.29) is 0 Å². The van der Waals surface area contributed by atoms with Crippen LogP contribution in [0.1, 0.15) is 25.5 Å². The maximum absolute atomic E-state index is 6.11. The molecule has 3 atom stereocenters. The number of fused-ring (bicyclic) bond motifs is 1. The lowest BCUT2D eigenvalue weighted by atomic mass is 10.0. The van der Waals surface area contributed by atoms with Crippen molar-refractivity contribution >= 4 is 22.7 Å². The van der Waals surface area contributed by atoms with Gasteiger partial charge in [-0.3, -0.25) is 9.88 Å². The predicted molar refractivity (Wildman–Crippen MR) is 91.6 cm³/mol. The topological polar surface area (TPSA) is 42.1 Å². The monoisotopic (exact) mass is 301 g/mol. The second-order valence-electron chi connectivity index (χ2n) is 5.92. The first-order valence-electron chi connectivity index (χ1n) is 7.61. The largest absolute Gasteiger partial charge is 0.329 e. The Bertz CT molecular complexity index is 606. The van der Waals surface area contributed by atoms with Gasteiger partial charge in [-0.25, -0.2) is 0 Å². The fourth-order valence-corrected chi connectivity index (χ4v) is 4.62. The Balaban J connectivity index is 1.90. The molecule has 1 aliphatic rings. The van der Waals surface area contributed by atoms with Crippen LogP contribution < -0.4 is 5.73 Å². The molecule has 0 aliphatic carbocycles. The molecule has 21 heavy (non-hydrogen) atoms. The van der Waals surface area contributed by atoms with E-state index in [0.717, 1.165) is 18.6 Å². The van der Waals surface area contributed by atoms with Gasteiger partial charge in [-0.2, -0.15) is 11.8 Å². The average molecular weight is 301 g/mol. The minimum Gasteiger partial charge on any atom is -0.329 e. The molecule has 0 bridgehead atoms. The molecular weight excluding hydrogens is 278 g/mol. The van der Waals surface area contributed by atoms with E-state index in [4.69, 9.17) is 5.73 Å². The molecule has 2 aromatic rings. The first-order valence-corrected chi connectivity index (χ1v) is 8.56. The summed E-state index contributed by atoms with van der Waals surface area (Å²) >= 11 is 2.08. The van der Waals surface area contributed by atoms with Crippen LogP contribution in [0.15, 0.2) is 36.5 Å². The number of nitrogens with zero attached hydrogens (tertiary/aromatic N) is 2. The quantitative estimate of drug-likeness (QED) is 0.946. The zero-order chi connectivity index (χ0) is 14.8. The standard InChI is InChI=1S/C17H23N3S/c1-12-10-20(11-13(2)21-12)17(9-18)15-5-6-16-14(8-15)4-3-7-19-16/h3-8,12-13,17H,9-11,18H2,1-2H3. The van der Waals surface area contributed by atoms with Crippen molar-refractivity contribution in [1.82, 2.24) is 9.88 Å². The van der Waals surface area contributed by atoms with Crippen LogP contribution in [0.25, 0.3) is 10.9 Å². The van der Waals surface area contributed by atoms with E-state index < -0.39 is 0 Å². The molecule has 0 spiro atoms. The Morgan fingerprint density at radius 1 is 1.29 bits per heavy atom. The highest BCUT2D eigenvalue weighted by molar-refractivity contribution is 8.00. The second kappa shape index (κ2) is 6.34. The Labute approximate surface area is 130 Å². The van der Waals surface area contributed by atoms with E-state index in [0.29, 0.717) is 23.1 Å². The summed E-state index contributed by atoms with van der Waals surface area (Å²) in [5.74, 6) is 0. The van der Waals surface area contributed by atoms with Gasteiger partial charge in [0.15, 0.2) is 0 Å². The SMILES string of the molecule is CC1CN(C(CN)c2ccc3ncccc3c2)CC(C)S1. The van der Waals surface area contributed by atoms with Crippen molar-refractivity contribution in [2.24, 2.45) is 5.73 Å². The zero-order valence-electron chi connectivity index (χ0n) is 12.7. The lowest BCUT2D eigenvalue weighted by molar-refractivity contribution is 0.199. The minimum absolute atomic E-state index is 0.306. The number of nitrogens with two attached hydrogens (primary N) is 1. The van der Waals surface area contributed by atoms with E-state index in [9.17, 15) is 0 Å². The normalized spacial score (nSPS) is 25.1. The Morgan fingerprint density at radius 3 is 2.76 bits per heavy atom. The third-order valence-electron chi connectivity index (χ3n) is 4.12. The average Bonchev–Trinajstić information content (AvgIpc) is 2.47. The number of hydrogen-bond donors (Lipinski definition) is 1. The second-order valence-corrected chi connectivity index (χ2v) is 7.80. The molecule has 1 aromatic carbocycles. The molecule has 0 amide bonds. The van der Waals surface area contributed by atoms with Crippen molar-refractivity contribution in [2.45, 2.75) is 30.4 Å². The van der Waals surface area contributed by atoms with Crippen LogP contribution >= 0.6 is 11.8 Å². The molecular formula is C17H23N3S. The predicted octanol–water partition coefficient (Wildman–Crippen LogP) is 3.06. The summed E-state index contributed by atoms with van der Waals surface area (Å²) in [6.45, 7) is 7.51. The van der Waals surface area contributed by atoms with E-state index in [1.54, 1.807) is 0 Å². The molecule has 2 heterocycles. The van der Waals surface area contributed by atoms with Gasteiger partial charge < -0.3 is 5.73 Å². The molecule has 1 saturated heterocycles. The van der Waals surface area contributed by atoms with Crippen LogP contribution in [0.5, 0.6) is 0 Å². The van der Waals surface area contributed by atoms with E-state index in [2.05, 4.69) is 59.8 Å². The van der Waals surface area contributed by atoms with Gasteiger partial charge in [-0.15, -0.1) is 0 Å². The number of rotatable bonds is 3. The smallest absolute Gasteiger partial charge is 0.0702 e. The van der Waals surface area contributed by atoms with Crippen molar-refractivity contribution in [3.05, 3.63) is 42.1 Å². The molecule has 1 aliphatic heterocycles. The van der Waals surface area contributed by atoms with Gasteiger partial charge in [0.1, 0.15) is 0 Å². The summed E-state index contributed by atoms with van der Waals surface area (Å²) in [5.41, 5.74) is 8.47. The summed E-state index contributed by atoms with van der Waals surface area (Å²) in [7, 11) is 0. The van der Waals surface area contributed by atoms with Crippen LogP contribution in [0.2, 0.25) is 0 Å². The lowest BCUT2D eigenvalue weighted by Crippen LogP contribution is -2.44. The van der Waals surface area contributed by atoms with Crippen molar-refractivity contribution in [2.75, 3.05) is 19.6 Å². The summed E-state index contributed by atoms with van der Waals surface area (Å²) in [5, 5.41) is 2.54. The van der Waals surface area contributed by atoms with Gasteiger partial charge in [-0.1, -0.05) is 26.0 Å². The molecule has 1 fully saturated rings. The summed E-state index contributed by atoms with van der Waals surface area (Å²) < 4.78 is 0. The molecule has 4 heteroatoms. The Hall–Kier alpha value is -1.10. The van der Waals surface area contributed by atoms with Gasteiger partial charge in [0, 0.05) is 47.8 Å². The number of pyridine rings is 1. The number of aromatic nitrogens is 1. The van der Waals surface area contributed by atoms with Crippen LogP contribution in [0, 0.1) is 0 Å². The maximum atomic E-state index is 6.11. The van der Waals surface area contributed by atoms with Crippen LogP contribution in [-0.4, -0.2) is 40.0 Å². The highest BCUT2D eigenvalue weighted by Crippen LogP contribution is 2.31. The number of benzene rings is 1. The van der Waals surface area contributed by atoms with Crippen molar-refractivity contribution in [3.63, 3.8) is 0 Å². The molecule has 1 aromatic heterocycles. The number of thioether (sulfide) groups is 1. The summed E-state index contributed by atoms with van der Waals surface area (Å²) in [6.07, 6.45) is 1.84. The fraction of sp³-hybridized carbons (Fsp3) is 0.471. The number of hydrogen-bond acceptors (Lipinski definition) is 4. The van der Waals surface area contributed by atoms with Crippen LogP contribution in [0.3, 0.4) is 0 Å². The van der Waals surface area contributed by atoms with Gasteiger partial charge >= 0.3 is 0 Å². The molecule has 3 nitrogen and oxygen atoms in total. The highest BCUT2D eigenvalue weighted by Gasteiger charge is 2.28. The van der Waals surface area contributed by atoms with Gasteiger partial charge in [0.25, 0.3) is 0 Å². The van der Waals surface area contributed by atoms with E-state index in [1.165, 1.54) is 10.9 Å². The third-order valence-corrected chi connectivity index (χ3v) is 5.35. The molecule has 0 saturated carbocycles. The van der Waals surface area contributed by atoms with Gasteiger partial charge in [0.05, 0.1) is 5.52 Å². The fourth-order valence-electron chi connectivity index (χ4n) is 3.27. The minimum atomic E-state index is 0.306. The Morgan fingerprint density at radius 2 is 2.05 bits per heavy atom. The van der Waals surface area contributed by atoms with Gasteiger partial charge in [-0.05, 0) is 23.8 Å². The molecule has 3 rings (SSSR count). The van der Waals surface area contributed by atoms with Crippen LogP contribution in [0.4, 0.5) is 0 Å². The van der Waals surface area contributed by atoms with Crippen LogP contribution in [-0.2, 0) is 0 Å². The first kappa shape index (κ1) is 14.8.